The van der Waals surface area contributed by atoms with Gasteiger partial charge in [0.15, 0.2) is 5.78 Å². The largest absolute Gasteiger partial charge is 0.507 e. The van der Waals surface area contributed by atoms with Gasteiger partial charge in [-0.2, -0.15) is 0 Å². The van der Waals surface area contributed by atoms with Gasteiger partial charge in [0.1, 0.15) is 11.5 Å². The van der Waals surface area contributed by atoms with E-state index in [9.17, 15) is 18.3 Å². The first-order valence-corrected chi connectivity index (χ1v) is 11.0. The Bertz CT molecular complexity index is 1380. The average Bonchev–Trinajstić information content (AvgIpc) is 2.78. The van der Waals surface area contributed by atoms with Crippen molar-refractivity contribution in [2.45, 2.75) is 9.60 Å². The second kappa shape index (κ2) is 7.63. The Morgan fingerprint density at radius 2 is 1.50 bits per heavy atom. The van der Waals surface area contributed by atoms with Crippen LogP contribution in [0.3, 0.4) is 0 Å². The Morgan fingerprint density at radius 3 is 2.17 bits per heavy atom. The van der Waals surface area contributed by atoms with E-state index in [1.54, 1.807) is 60.7 Å². The molecule has 4 aromatic carbocycles. The van der Waals surface area contributed by atoms with Gasteiger partial charge in [0.25, 0.3) is 0 Å². The molecule has 0 bridgehead atoms. The zero-order chi connectivity index (χ0) is 21.5. The fourth-order valence-corrected chi connectivity index (χ4v) is 5.18. The van der Waals surface area contributed by atoms with Crippen molar-refractivity contribution in [1.29, 1.82) is 0 Å². The highest BCUT2D eigenvalue weighted by Gasteiger charge is 2.35. The highest BCUT2D eigenvalue weighted by Crippen LogP contribution is 2.43. The number of carbonyl (C=O) groups is 1. The minimum absolute atomic E-state index is 0.0386. The van der Waals surface area contributed by atoms with Crippen molar-refractivity contribution < 1.29 is 23.1 Å². The number of methoxy groups -OCH3 is 1. The summed E-state index contributed by atoms with van der Waals surface area (Å²) in [6, 6.07) is 19.3. The van der Waals surface area contributed by atoms with Gasteiger partial charge < -0.3 is 9.84 Å². The molecule has 0 aromatic heterocycles. The Labute approximate surface area is 178 Å². The van der Waals surface area contributed by atoms with Crippen LogP contribution in [-0.4, -0.2) is 31.1 Å². The van der Waals surface area contributed by atoms with Crippen molar-refractivity contribution >= 4 is 48.8 Å². The first-order valence-electron chi connectivity index (χ1n) is 9.05. The van der Waals surface area contributed by atoms with Crippen LogP contribution in [0, 0.1) is 0 Å². The fraction of sp³-hybridized carbons (Fsp3) is 0.0870. The molecule has 1 N–H and O–H groups in total. The molecule has 1 atom stereocenters. The lowest BCUT2D eigenvalue weighted by Crippen LogP contribution is -2.25. The number of halogens is 1. The van der Waals surface area contributed by atoms with Crippen LogP contribution in [-0.2, 0) is 9.84 Å². The number of alkyl halides is 1. The van der Waals surface area contributed by atoms with Crippen LogP contribution in [0.4, 0.5) is 0 Å². The molecule has 0 amide bonds. The minimum atomic E-state index is -4.13. The molecular formula is C23H17ClO5S. The van der Waals surface area contributed by atoms with Crippen molar-refractivity contribution in [2.24, 2.45) is 0 Å². The summed E-state index contributed by atoms with van der Waals surface area (Å²) in [6.07, 6.45) is 0. The quantitative estimate of drug-likeness (QED) is 0.270. The van der Waals surface area contributed by atoms with Crippen LogP contribution in [0.5, 0.6) is 11.5 Å². The predicted octanol–water partition coefficient (Wildman–Crippen LogP) is 4.93. The number of ketones is 1. The molecule has 0 aliphatic rings. The molecule has 0 fully saturated rings. The molecule has 7 heteroatoms. The van der Waals surface area contributed by atoms with Gasteiger partial charge in [-0.1, -0.05) is 66.2 Å². The van der Waals surface area contributed by atoms with Crippen LogP contribution in [0.15, 0.2) is 77.7 Å². The van der Waals surface area contributed by atoms with E-state index in [4.69, 9.17) is 16.3 Å². The van der Waals surface area contributed by atoms with E-state index in [-0.39, 0.29) is 16.2 Å². The lowest BCUT2D eigenvalue weighted by Gasteiger charge is -2.17. The second-order valence-electron chi connectivity index (χ2n) is 6.69. The van der Waals surface area contributed by atoms with E-state index in [0.29, 0.717) is 27.3 Å². The van der Waals surface area contributed by atoms with Gasteiger partial charge in [0, 0.05) is 16.3 Å². The fourth-order valence-electron chi connectivity index (χ4n) is 3.59. The van der Waals surface area contributed by atoms with E-state index in [1.165, 1.54) is 19.2 Å². The highest BCUT2D eigenvalue weighted by atomic mass is 35.5. The number of phenolic OH excluding ortho intramolecular Hbond substituents is 1. The summed E-state index contributed by atoms with van der Waals surface area (Å²) in [6.45, 7) is 0. The lowest BCUT2D eigenvalue weighted by atomic mass is 9.93. The Balaban J connectivity index is 2.02. The molecule has 0 aliphatic heterocycles. The monoisotopic (exact) mass is 440 g/mol. The maximum absolute atomic E-state index is 13.5. The van der Waals surface area contributed by atoms with Gasteiger partial charge in [-0.05, 0) is 23.6 Å². The first kappa shape index (κ1) is 20.2. The van der Waals surface area contributed by atoms with Gasteiger partial charge >= 0.3 is 0 Å². The molecule has 30 heavy (non-hydrogen) atoms. The number of fused-ring (bicyclic) bond motifs is 2. The van der Waals surface area contributed by atoms with Crippen LogP contribution >= 0.6 is 11.6 Å². The van der Waals surface area contributed by atoms with E-state index < -0.39 is 20.3 Å². The van der Waals surface area contributed by atoms with Crippen LogP contribution < -0.4 is 4.74 Å². The van der Waals surface area contributed by atoms with Gasteiger partial charge in [0.05, 0.1) is 17.4 Å². The summed E-state index contributed by atoms with van der Waals surface area (Å²) in [5.74, 6) is -0.455. The molecule has 4 aromatic rings. The molecule has 1 unspecified atom stereocenters. The zero-order valence-corrected chi connectivity index (χ0v) is 17.4. The molecule has 4 rings (SSSR count). The molecule has 0 aliphatic carbocycles. The number of sulfone groups is 1. The normalized spacial score (nSPS) is 12.7. The molecule has 0 saturated heterocycles. The third kappa shape index (κ3) is 3.09. The number of phenols is 1. The van der Waals surface area contributed by atoms with E-state index in [1.807, 2.05) is 0 Å². The summed E-state index contributed by atoms with van der Waals surface area (Å²) >= 11 is 6.27. The summed E-state index contributed by atoms with van der Waals surface area (Å²) < 4.78 is 29.5. The topological polar surface area (TPSA) is 80.7 Å². The third-order valence-electron chi connectivity index (χ3n) is 5.00. The molecule has 152 valence electrons. The number of benzene rings is 4. The standard InChI is InChI=1S/C23H17ClO5S/c1-29-18-13-7-12-17-19(15-10-5-6-11-16(15)21(25)20(17)18)22(26)23(24)30(27,28)14-8-3-2-4-9-14/h2-13,23,25H,1H3. The van der Waals surface area contributed by atoms with Crippen LogP contribution in [0.25, 0.3) is 21.5 Å². The first-order chi connectivity index (χ1) is 14.4. The van der Waals surface area contributed by atoms with Crippen molar-refractivity contribution in [3.8, 4) is 11.5 Å². The van der Waals surface area contributed by atoms with Crippen molar-refractivity contribution in [2.75, 3.05) is 7.11 Å². The van der Waals surface area contributed by atoms with Gasteiger partial charge in [-0.25, -0.2) is 8.42 Å². The van der Waals surface area contributed by atoms with Crippen molar-refractivity contribution in [3.63, 3.8) is 0 Å². The maximum atomic E-state index is 13.5. The summed E-state index contributed by atoms with van der Waals surface area (Å²) in [5, 5.41) is 12.4. The average molecular weight is 441 g/mol. The lowest BCUT2D eigenvalue weighted by molar-refractivity contribution is 0.101. The maximum Gasteiger partial charge on any atom is 0.202 e. The molecule has 0 radical (unpaired) electrons. The molecular weight excluding hydrogens is 424 g/mol. The van der Waals surface area contributed by atoms with E-state index >= 15 is 0 Å². The SMILES string of the molecule is COc1cccc2c(C(=O)C(Cl)S(=O)(=O)c3ccccc3)c3ccccc3c(O)c12. The number of hydrogen-bond donors (Lipinski definition) is 1. The van der Waals surface area contributed by atoms with Gasteiger partial charge in [-0.15, -0.1) is 0 Å². The third-order valence-corrected chi connectivity index (χ3v) is 7.59. The Morgan fingerprint density at radius 1 is 0.900 bits per heavy atom. The van der Waals surface area contributed by atoms with E-state index in [0.717, 1.165) is 0 Å². The number of carbonyl (C=O) groups excluding carboxylic acids is 1. The minimum Gasteiger partial charge on any atom is -0.507 e. The smallest absolute Gasteiger partial charge is 0.202 e. The highest BCUT2D eigenvalue weighted by molar-refractivity contribution is 7.94. The number of aromatic hydroxyl groups is 1. The number of rotatable bonds is 5. The molecule has 0 saturated carbocycles. The summed E-state index contributed by atoms with van der Waals surface area (Å²) in [7, 11) is -2.67. The molecule has 5 nitrogen and oxygen atoms in total. The second-order valence-corrected chi connectivity index (χ2v) is 9.42. The van der Waals surface area contributed by atoms with Gasteiger partial charge in [0.2, 0.25) is 14.5 Å². The number of hydrogen-bond acceptors (Lipinski definition) is 5. The number of Topliss-reactive ketones (excluding diaryl/α,β-unsaturated/α-hetero) is 1. The molecule has 0 heterocycles. The van der Waals surface area contributed by atoms with Crippen molar-refractivity contribution in [3.05, 3.63) is 78.4 Å². The zero-order valence-electron chi connectivity index (χ0n) is 15.9. The number of ether oxygens (including phenoxy) is 1. The summed E-state index contributed by atoms with van der Waals surface area (Å²) in [5.41, 5.74) is 0.122. The Hall–Kier alpha value is -3.09. The summed E-state index contributed by atoms with van der Waals surface area (Å²) in [4.78, 5) is 13.4. The Kier molecular flexibility index (Phi) is 5.13. The van der Waals surface area contributed by atoms with Crippen LogP contribution in [0.2, 0.25) is 0 Å². The molecule has 0 spiro atoms. The van der Waals surface area contributed by atoms with Crippen LogP contribution in [0.1, 0.15) is 10.4 Å². The van der Waals surface area contributed by atoms with E-state index in [2.05, 4.69) is 0 Å². The van der Waals surface area contributed by atoms with Gasteiger partial charge in [-0.3, -0.25) is 4.79 Å². The van der Waals surface area contributed by atoms with Crippen molar-refractivity contribution in [1.82, 2.24) is 0 Å². The predicted molar refractivity (Wildman–Crippen MR) is 117 cm³/mol.